The maximum absolute atomic E-state index is 13.4. The average molecular weight is 306 g/mol. The zero-order chi connectivity index (χ0) is 16.0. The molecule has 2 nitrogen and oxygen atoms in total. The van der Waals surface area contributed by atoms with Crippen molar-refractivity contribution < 1.29 is 23.0 Å². The Labute approximate surface area is 125 Å². The number of aryl methyl sites for hydroxylation is 1. The molecule has 0 amide bonds. The lowest BCUT2D eigenvalue weighted by atomic mass is 9.94. The topological polar surface area (TPSA) is 29.5 Å². The number of hydrogen-bond acceptors (Lipinski definition) is 2. The van der Waals surface area contributed by atoms with Gasteiger partial charge in [-0.2, -0.15) is 13.2 Å². The molecule has 0 saturated carbocycles. The van der Waals surface area contributed by atoms with Crippen molar-refractivity contribution in [1.29, 1.82) is 0 Å². The molecule has 0 saturated heterocycles. The van der Waals surface area contributed by atoms with Gasteiger partial charge in [-0.05, 0) is 18.6 Å². The number of aliphatic hydroxyl groups is 1. The Bertz CT molecular complexity index is 732. The van der Waals surface area contributed by atoms with Crippen LogP contribution in [0.3, 0.4) is 0 Å². The molecule has 22 heavy (non-hydrogen) atoms. The molecule has 1 atom stereocenters. The van der Waals surface area contributed by atoms with Gasteiger partial charge >= 0.3 is 12.0 Å². The highest BCUT2D eigenvalue weighted by Gasteiger charge is 2.60. The third kappa shape index (κ3) is 2.27. The van der Waals surface area contributed by atoms with E-state index in [4.69, 9.17) is 4.74 Å². The van der Waals surface area contributed by atoms with E-state index in [-0.39, 0.29) is 16.9 Å². The van der Waals surface area contributed by atoms with E-state index >= 15 is 0 Å². The van der Waals surface area contributed by atoms with Crippen LogP contribution in [0.25, 0.3) is 11.8 Å². The Balaban J connectivity index is 2.16. The normalized spacial score (nSPS) is 20.9. The molecule has 3 rings (SSSR count). The lowest BCUT2D eigenvalue weighted by Crippen LogP contribution is -2.46. The number of benzene rings is 2. The molecule has 1 heterocycles. The van der Waals surface area contributed by atoms with Crippen LogP contribution in [0.5, 0.6) is 0 Å². The van der Waals surface area contributed by atoms with Gasteiger partial charge in [0.15, 0.2) is 0 Å². The maximum atomic E-state index is 13.4. The summed E-state index contributed by atoms with van der Waals surface area (Å²) in [7, 11) is 0. The Morgan fingerprint density at radius 2 is 1.64 bits per heavy atom. The van der Waals surface area contributed by atoms with Gasteiger partial charge in [-0.25, -0.2) is 0 Å². The van der Waals surface area contributed by atoms with Crippen molar-refractivity contribution in [3.63, 3.8) is 0 Å². The number of alkyl halides is 3. The van der Waals surface area contributed by atoms with E-state index in [1.54, 1.807) is 30.3 Å². The molecule has 0 spiro atoms. The van der Waals surface area contributed by atoms with Crippen LogP contribution in [0, 0.1) is 6.92 Å². The maximum Gasteiger partial charge on any atom is 0.460 e. The van der Waals surface area contributed by atoms with Crippen molar-refractivity contribution in [3.8, 4) is 0 Å². The van der Waals surface area contributed by atoms with Crippen molar-refractivity contribution in [3.05, 3.63) is 70.8 Å². The van der Waals surface area contributed by atoms with Crippen LogP contribution >= 0.6 is 0 Å². The van der Waals surface area contributed by atoms with Gasteiger partial charge in [0.25, 0.3) is 0 Å². The molecule has 114 valence electrons. The van der Waals surface area contributed by atoms with Crippen LogP contribution in [0.15, 0.2) is 48.5 Å². The van der Waals surface area contributed by atoms with Gasteiger partial charge in [0.2, 0.25) is 0 Å². The van der Waals surface area contributed by atoms with Crippen molar-refractivity contribution in [2.24, 2.45) is 0 Å². The lowest BCUT2D eigenvalue weighted by molar-refractivity contribution is -0.355. The molecule has 0 radical (unpaired) electrons. The van der Waals surface area contributed by atoms with Gasteiger partial charge in [0.1, 0.15) is 5.76 Å². The van der Waals surface area contributed by atoms with Gasteiger partial charge in [0, 0.05) is 11.1 Å². The third-order valence-electron chi connectivity index (χ3n) is 3.59. The lowest BCUT2D eigenvalue weighted by Gasteiger charge is -2.36. The predicted molar refractivity (Wildman–Crippen MR) is 76.5 cm³/mol. The van der Waals surface area contributed by atoms with E-state index in [0.29, 0.717) is 5.56 Å². The second-order valence-electron chi connectivity index (χ2n) is 5.21. The first-order valence-electron chi connectivity index (χ1n) is 6.67. The Morgan fingerprint density at radius 1 is 1.00 bits per heavy atom. The van der Waals surface area contributed by atoms with Crippen LogP contribution in [0.2, 0.25) is 0 Å². The third-order valence-corrected chi connectivity index (χ3v) is 3.59. The predicted octanol–water partition coefficient (Wildman–Crippen LogP) is 4.23. The number of halogens is 3. The van der Waals surface area contributed by atoms with Crippen molar-refractivity contribution >= 4 is 11.8 Å². The highest BCUT2D eigenvalue weighted by molar-refractivity contribution is 5.81. The summed E-state index contributed by atoms with van der Waals surface area (Å²) in [6.45, 7) is 1.88. The summed E-state index contributed by atoms with van der Waals surface area (Å²) in [5.74, 6) is -3.36. The largest absolute Gasteiger partial charge is 0.460 e. The van der Waals surface area contributed by atoms with Crippen LogP contribution in [0.4, 0.5) is 13.2 Å². The van der Waals surface area contributed by atoms with Gasteiger partial charge in [-0.1, -0.05) is 54.1 Å². The summed E-state index contributed by atoms with van der Waals surface area (Å²) in [6.07, 6.45) is -3.45. The Morgan fingerprint density at radius 3 is 2.27 bits per heavy atom. The van der Waals surface area contributed by atoms with E-state index < -0.39 is 12.0 Å². The Hall–Kier alpha value is -2.27. The first kappa shape index (κ1) is 14.7. The number of rotatable bonds is 1. The Kier molecular flexibility index (Phi) is 3.25. The number of hydrogen-bond donors (Lipinski definition) is 1. The summed E-state index contributed by atoms with van der Waals surface area (Å²) >= 11 is 0. The molecule has 0 fully saturated rings. The minimum absolute atomic E-state index is 0.0153. The monoisotopic (exact) mass is 306 g/mol. The smallest absolute Gasteiger partial charge is 0.449 e. The summed E-state index contributed by atoms with van der Waals surface area (Å²) in [4.78, 5) is 0. The molecule has 2 aromatic carbocycles. The first-order chi connectivity index (χ1) is 10.3. The molecule has 1 unspecified atom stereocenters. The molecule has 1 aliphatic rings. The minimum atomic E-state index is -4.95. The van der Waals surface area contributed by atoms with Gasteiger partial charge in [0.05, 0.1) is 0 Å². The quantitative estimate of drug-likeness (QED) is 0.854. The van der Waals surface area contributed by atoms with Crippen LogP contribution in [0.1, 0.15) is 22.3 Å². The van der Waals surface area contributed by atoms with E-state index in [0.717, 1.165) is 5.56 Å². The van der Waals surface area contributed by atoms with E-state index in [9.17, 15) is 18.3 Å². The summed E-state index contributed by atoms with van der Waals surface area (Å²) < 4.78 is 45.0. The van der Waals surface area contributed by atoms with Crippen molar-refractivity contribution in [1.82, 2.24) is 0 Å². The second-order valence-corrected chi connectivity index (χ2v) is 5.21. The number of fused-ring (bicyclic) bond motifs is 1. The second kappa shape index (κ2) is 4.88. The standard InChI is InChI=1S/C17H13F3O2/c1-11-6-8-12(9-7-11)15-10-13-4-2-3-5-14(13)16(21,22-15)17(18,19)20/h2-10,21H,1H3. The number of ether oxygens (including phenoxy) is 1. The summed E-state index contributed by atoms with van der Waals surface area (Å²) in [6, 6.07) is 12.6. The highest BCUT2D eigenvalue weighted by Crippen LogP contribution is 2.47. The zero-order valence-electron chi connectivity index (χ0n) is 11.7. The van der Waals surface area contributed by atoms with Crippen LogP contribution < -0.4 is 0 Å². The fourth-order valence-electron chi connectivity index (χ4n) is 2.39. The minimum Gasteiger partial charge on any atom is -0.449 e. The molecule has 5 heteroatoms. The molecule has 1 aliphatic heterocycles. The molecule has 0 aromatic heterocycles. The molecule has 1 N–H and O–H groups in total. The van der Waals surface area contributed by atoms with Gasteiger partial charge in [-0.3, -0.25) is 0 Å². The summed E-state index contributed by atoms with van der Waals surface area (Å²) in [5, 5.41) is 10.2. The molecular weight excluding hydrogens is 293 g/mol. The average Bonchev–Trinajstić information content (AvgIpc) is 2.47. The fourth-order valence-corrected chi connectivity index (χ4v) is 2.39. The fraction of sp³-hybridized carbons (Fsp3) is 0.176. The van der Waals surface area contributed by atoms with Crippen molar-refractivity contribution in [2.75, 3.05) is 0 Å². The summed E-state index contributed by atoms with van der Waals surface area (Å²) in [5.41, 5.74) is 1.43. The van der Waals surface area contributed by atoms with Gasteiger partial charge < -0.3 is 9.84 Å². The van der Waals surface area contributed by atoms with Crippen molar-refractivity contribution in [2.45, 2.75) is 18.9 Å². The van der Waals surface area contributed by atoms with E-state index in [1.165, 1.54) is 24.3 Å². The van der Waals surface area contributed by atoms with E-state index in [1.807, 2.05) is 6.92 Å². The SMILES string of the molecule is Cc1ccc(C2=Cc3ccccc3C(O)(C(F)(F)F)O2)cc1. The first-order valence-corrected chi connectivity index (χ1v) is 6.67. The van der Waals surface area contributed by atoms with E-state index in [2.05, 4.69) is 0 Å². The van der Waals surface area contributed by atoms with Gasteiger partial charge in [-0.15, -0.1) is 0 Å². The molecule has 0 aliphatic carbocycles. The molecule has 2 aromatic rings. The van der Waals surface area contributed by atoms with Crippen LogP contribution in [-0.4, -0.2) is 11.3 Å². The molecular formula is C17H13F3O2. The van der Waals surface area contributed by atoms with Crippen LogP contribution in [-0.2, 0) is 10.5 Å². The highest BCUT2D eigenvalue weighted by atomic mass is 19.4. The molecule has 0 bridgehead atoms. The zero-order valence-corrected chi connectivity index (χ0v) is 11.7.